The molecule has 0 aliphatic heterocycles. The number of halogens is 4. The van der Waals surface area contributed by atoms with Crippen LogP contribution in [0.3, 0.4) is 0 Å². The third-order valence-corrected chi connectivity index (χ3v) is 2.56. The minimum Gasteiger partial charge on any atom is -0.305 e. The highest BCUT2D eigenvalue weighted by atomic mass is 19.4. The van der Waals surface area contributed by atoms with E-state index in [1.807, 2.05) is 0 Å². The van der Waals surface area contributed by atoms with Crippen molar-refractivity contribution in [1.29, 1.82) is 0 Å². The van der Waals surface area contributed by atoms with E-state index in [9.17, 15) is 22.4 Å². The Hall–Kier alpha value is -2.18. The molecule has 0 bridgehead atoms. The molecule has 100 valence electrons. The summed E-state index contributed by atoms with van der Waals surface area (Å²) in [6.07, 6.45) is -3.55. The van der Waals surface area contributed by atoms with Gasteiger partial charge in [0.05, 0.1) is 11.3 Å². The number of alkyl halides is 3. The highest BCUT2D eigenvalue weighted by Crippen LogP contribution is 2.34. The van der Waals surface area contributed by atoms with E-state index >= 15 is 0 Å². The molecule has 0 aliphatic carbocycles. The average Bonchev–Trinajstić information content (AvgIpc) is 2.31. The number of hydrogen-bond acceptors (Lipinski definition) is 2. The molecule has 2 rings (SSSR count). The molecule has 1 N–H and O–H groups in total. The third kappa shape index (κ3) is 2.64. The van der Waals surface area contributed by atoms with Crippen LogP contribution in [0.1, 0.15) is 11.1 Å². The van der Waals surface area contributed by atoms with Gasteiger partial charge in [0.2, 0.25) is 0 Å². The van der Waals surface area contributed by atoms with Crippen molar-refractivity contribution in [3.8, 4) is 11.3 Å². The number of hydrogen-bond donors (Lipinski definition) is 1. The van der Waals surface area contributed by atoms with Crippen LogP contribution in [0.4, 0.5) is 17.6 Å². The fourth-order valence-electron chi connectivity index (χ4n) is 1.66. The van der Waals surface area contributed by atoms with Crippen LogP contribution >= 0.6 is 0 Å². The molecule has 0 saturated heterocycles. The Kier molecular flexibility index (Phi) is 3.13. The quantitative estimate of drug-likeness (QED) is 0.811. The second-order valence-electron chi connectivity index (χ2n) is 3.94. The van der Waals surface area contributed by atoms with Crippen LogP contribution in [0.5, 0.6) is 0 Å². The molecule has 1 aromatic carbocycles. The van der Waals surface area contributed by atoms with Crippen LogP contribution in [0.15, 0.2) is 29.2 Å². The summed E-state index contributed by atoms with van der Waals surface area (Å²) in [6, 6.07) is 2.55. The van der Waals surface area contributed by atoms with Crippen LogP contribution < -0.4 is 5.69 Å². The maximum atomic E-state index is 13.2. The SMILES string of the molecule is Cc1cnc(=O)[nH]c1-c1ccc(F)c(C(F)(F)F)c1. The van der Waals surface area contributed by atoms with Gasteiger partial charge < -0.3 is 4.98 Å². The maximum Gasteiger partial charge on any atom is 0.419 e. The van der Waals surface area contributed by atoms with Crippen molar-refractivity contribution in [3.63, 3.8) is 0 Å². The molecule has 1 heterocycles. The van der Waals surface area contributed by atoms with Gasteiger partial charge in [-0.25, -0.2) is 14.2 Å². The van der Waals surface area contributed by atoms with Gasteiger partial charge in [-0.15, -0.1) is 0 Å². The third-order valence-electron chi connectivity index (χ3n) is 2.56. The minimum absolute atomic E-state index is 0.0747. The smallest absolute Gasteiger partial charge is 0.305 e. The largest absolute Gasteiger partial charge is 0.419 e. The monoisotopic (exact) mass is 272 g/mol. The molecular weight excluding hydrogens is 264 g/mol. The molecular formula is C12H8F4N2O. The van der Waals surface area contributed by atoms with Gasteiger partial charge in [0.15, 0.2) is 0 Å². The molecule has 0 unspecified atom stereocenters. The predicted octanol–water partition coefficient (Wildman–Crippen LogP) is 2.90. The predicted molar refractivity (Wildman–Crippen MR) is 60.0 cm³/mol. The van der Waals surface area contributed by atoms with Crippen molar-refractivity contribution in [2.24, 2.45) is 0 Å². The van der Waals surface area contributed by atoms with Crippen LogP contribution in [0.25, 0.3) is 11.3 Å². The molecule has 0 saturated carbocycles. The highest BCUT2D eigenvalue weighted by Gasteiger charge is 2.34. The summed E-state index contributed by atoms with van der Waals surface area (Å²) in [5, 5.41) is 0. The highest BCUT2D eigenvalue weighted by molar-refractivity contribution is 5.63. The van der Waals surface area contributed by atoms with E-state index in [1.165, 1.54) is 12.3 Å². The van der Waals surface area contributed by atoms with Gasteiger partial charge in [-0.3, -0.25) is 0 Å². The standard InChI is InChI=1S/C12H8F4N2O/c1-6-5-17-11(19)18-10(6)7-2-3-9(13)8(4-7)12(14,15)16/h2-5H,1H3,(H,17,18,19). The normalized spacial score (nSPS) is 11.6. The molecule has 0 radical (unpaired) electrons. The van der Waals surface area contributed by atoms with E-state index < -0.39 is 23.2 Å². The minimum atomic E-state index is -4.79. The Morgan fingerprint density at radius 2 is 1.95 bits per heavy atom. The lowest BCUT2D eigenvalue weighted by Crippen LogP contribution is -2.12. The van der Waals surface area contributed by atoms with Crippen molar-refractivity contribution in [2.75, 3.05) is 0 Å². The Morgan fingerprint density at radius 1 is 1.26 bits per heavy atom. The molecule has 1 aromatic heterocycles. The van der Waals surface area contributed by atoms with Gasteiger partial charge in [0.1, 0.15) is 5.82 Å². The zero-order chi connectivity index (χ0) is 14.2. The van der Waals surface area contributed by atoms with Gasteiger partial charge in [-0.1, -0.05) is 0 Å². The lowest BCUT2D eigenvalue weighted by Gasteiger charge is -2.11. The molecule has 0 aliphatic rings. The topological polar surface area (TPSA) is 45.8 Å². The lowest BCUT2D eigenvalue weighted by atomic mass is 10.0. The molecule has 0 atom stereocenters. The molecule has 7 heteroatoms. The number of rotatable bonds is 1. The number of aromatic nitrogens is 2. The molecule has 0 fully saturated rings. The summed E-state index contributed by atoms with van der Waals surface area (Å²) in [4.78, 5) is 16.9. The van der Waals surface area contributed by atoms with Crippen LogP contribution in [-0.4, -0.2) is 9.97 Å². The summed E-state index contributed by atoms with van der Waals surface area (Å²) >= 11 is 0. The van der Waals surface area contributed by atoms with Crippen molar-refractivity contribution in [3.05, 3.63) is 51.8 Å². The van der Waals surface area contributed by atoms with Crippen LogP contribution in [-0.2, 0) is 6.18 Å². The van der Waals surface area contributed by atoms with Gasteiger partial charge in [0.25, 0.3) is 0 Å². The van der Waals surface area contributed by atoms with E-state index in [0.29, 0.717) is 11.6 Å². The van der Waals surface area contributed by atoms with Crippen LogP contribution in [0.2, 0.25) is 0 Å². The Bertz CT molecular complexity index is 676. The zero-order valence-corrected chi connectivity index (χ0v) is 9.68. The number of aryl methyl sites for hydroxylation is 1. The van der Waals surface area contributed by atoms with Crippen molar-refractivity contribution in [2.45, 2.75) is 13.1 Å². The maximum absolute atomic E-state index is 13.2. The first-order valence-corrected chi connectivity index (χ1v) is 5.22. The molecule has 19 heavy (non-hydrogen) atoms. The first-order chi connectivity index (χ1) is 8.79. The fraction of sp³-hybridized carbons (Fsp3) is 0.167. The molecule has 0 amide bonds. The Balaban J connectivity index is 2.64. The van der Waals surface area contributed by atoms with Crippen LogP contribution in [0, 0.1) is 12.7 Å². The Labute approximate surface area is 104 Å². The molecule has 0 spiro atoms. The fourth-order valence-corrected chi connectivity index (χ4v) is 1.66. The van der Waals surface area contributed by atoms with E-state index in [0.717, 1.165) is 6.07 Å². The summed E-state index contributed by atoms with van der Waals surface area (Å²) in [7, 11) is 0. The number of benzene rings is 1. The average molecular weight is 272 g/mol. The number of nitrogens with zero attached hydrogens (tertiary/aromatic N) is 1. The van der Waals surface area contributed by atoms with Crippen molar-refractivity contribution in [1.82, 2.24) is 9.97 Å². The van der Waals surface area contributed by atoms with Gasteiger partial charge in [-0.05, 0) is 36.2 Å². The first-order valence-electron chi connectivity index (χ1n) is 5.22. The second-order valence-corrected chi connectivity index (χ2v) is 3.94. The van der Waals surface area contributed by atoms with Gasteiger partial charge in [-0.2, -0.15) is 13.2 Å². The molecule has 3 nitrogen and oxygen atoms in total. The summed E-state index contributed by atoms with van der Waals surface area (Å²) in [6.45, 7) is 1.58. The van der Waals surface area contributed by atoms with E-state index in [1.54, 1.807) is 6.92 Å². The van der Waals surface area contributed by atoms with E-state index in [-0.39, 0.29) is 11.3 Å². The van der Waals surface area contributed by atoms with Crippen molar-refractivity contribution >= 4 is 0 Å². The first kappa shape index (κ1) is 13.3. The summed E-state index contributed by atoms with van der Waals surface area (Å²) in [5.41, 5.74) is -1.31. The van der Waals surface area contributed by atoms with E-state index in [2.05, 4.69) is 9.97 Å². The number of H-pyrrole nitrogens is 1. The summed E-state index contributed by atoms with van der Waals surface area (Å²) in [5.74, 6) is -1.36. The number of aromatic amines is 1. The second kappa shape index (κ2) is 4.49. The summed E-state index contributed by atoms with van der Waals surface area (Å²) < 4.78 is 51.0. The van der Waals surface area contributed by atoms with Crippen molar-refractivity contribution < 1.29 is 17.6 Å². The van der Waals surface area contributed by atoms with Gasteiger partial charge in [0, 0.05) is 6.20 Å². The Morgan fingerprint density at radius 3 is 2.58 bits per heavy atom. The molecule has 2 aromatic rings. The lowest BCUT2D eigenvalue weighted by molar-refractivity contribution is -0.139. The number of nitrogens with one attached hydrogen (secondary N) is 1. The zero-order valence-electron chi connectivity index (χ0n) is 9.68. The van der Waals surface area contributed by atoms with Gasteiger partial charge >= 0.3 is 11.9 Å². The van der Waals surface area contributed by atoms with E-state index in [4.69, 9.17) is 0 Å².